The summed E-state index contributed by atoms with van der Waals surface area (Å²) in [4.78, 5) is 11.5. The number of phenols is 2. The first-order chi connectivity index (χ1) is 10.5. The van der Waals surface area contributed by atoms with Crippen molar-refractivity contribution in [1.82, 2.24) is 0 Å². The molecule has 0 saturated heterocycles. The van der Waals surface area contributed by atoms with Crippen LogP contribution in [-0.2, 0) is 10.2 Å². The van der Waals surface area contributed by atoms with E-state index >= 15 is 0 Å². The van der Waals surface area contributed by atoms with E-state index < -0.39 is 11.4 Å². The van der Waals surface area contributed by atoms with E-state index in [0.717, 1.165) is 11.1 Å². The second-order valence-corrected chi connectivity index (χ2v) is 5.35. The number of rotatable bonds is 6. The van der Waals surface area contributed by atoms with Crippen molar-refractivity contribution in [1.29, 1.82) is 0 Å². The Morgan fingerprint density at radius 1 is 0.909 bits per heavy atom. The largest absolute Gasteiger partial charge is 0.508 e. The highest BCUT2D eigenvalue weighted by Crippen LogP contribution is 2.41. The van der Waals surface area contributed by atoms with Crippen molar-refractivity contribution in [3.63, 3.8) is 0 Å². The summed E-state index contributed by atoms with van der Waals surface area (Å²) >= 11 is 0. The van der Waals surface area contributed by atoms with Crippen LogP contribution in [0.1, 0.15) is 30.4 Å². The molecule has 0 unspecified atom stereocenters. The van der Waals surface area contributed by atoms with E-state index in [9.17, 15) is 20.1 Å². The van der Waals surface area contributed by atoms with Crippen molar-refractivity contribution in [2.45, 2.75) is 24.7 Å². The Morgan fingerprint density at radius 2 is 1.32 bits per heavy atom. The molecule has 4 heteroatoms. The summed E-state index contributed by atoms with van der Waals surface area (Å²) in [7, 11) is 0. The fourth-order valence-corrected chi connectivity index (χ4v) is 2.87. The van der Waals surface area contributed by atoms with Crippen LogP contribution < -0.4 is 0 Å². The van der Waals surface area contributed by atoms with Gasteiger partial charge in [-0.1, -0.05) is 37.6 Å². The fourth-order valence-electron chi connectivity index (χ4n) is 2.87. The quantitative estimate of drug-likeness (QED) is 0.763. The van der Waals surface area contributed by atoms with Crippen molar-refractivity contribution in [2.24, 2.45) is 0 Å². The summed E-state index contributed by atoms with van der Waals surface area (Å²) in [6.07, 6.45) is 1.03. The highest BCUT2D eigenvalue weighted by atomic mass is 16.4. The maximum absolute atomic E-state index is 11.5. The van der Waals surface area contributed by atoms with Gasteiger partial charge in [-0.15, -0.1) is 0 Å². The summed E-state index contributed by atoms with van der Waals surface area (Å²) in [5.41, 5.74) is 0.874. The Morgan fingerprint density at radius 3 is 1.64 bits per heavy atom. The minimum Gasteiger partial charge on any atom is -0.508 e. The standard InChI is InChI=1S/C18H19O4/c1-2-11-18(12-17(21)22,13-3-7-15(19)8-4-13)14-5-9-16(20)10-6-14/h3-10,19-20H,1-2,11-12H2,(H,21,22). The second kappa shape index (κ2) is 6.52. The highest BCUT2D eigenvalue weighted by molar-refractivity contribution is 5.70. The Balaban J connectivity index is 2.61. The van der Waals surface area contributed by atoms with E-state index in [2.05, 4.69) is 6.92 Å². The zero-order valence-electron chi connectivity index (χ0n) is 12.2. The van der Waals surface area contributed by atoms with Crippen LogP contribution in [0.2, 0.25) is 0 Å². The van der Waals surface area contributed by atoms with Crippen molar-refractivity contribution >= 4 is 5.97 Å². The van der Waals surface area contributed by atoms with Gasteiger partial charge in [0.1, 0.15) is 11.5 Å². The van der Waals surface area contributed by atoms with E-state index in [1.807, 2.05) is 0 Å². The van der Waals surface area contributed by atoms with Gasteiger partial charge in [0, 0.05) is 5.41 Å². The second-order valence-electron chi connectivity index (χ2n) is 5.35. The molecule has 0 saturated carbocycles. The van der Waals surface area contributed by atoms with Crippen molar-refractivity contribution in [3.8, 4) is 11.5 Å². The smallest absolute Gasteiger partial charge is 0.304 e. The molecule has 3 N–H and O–H groups in total. The van der Waals surface area contributed by atoms with Gasteiger partial charge < -0.3 is 15.3 Å². The predicted octanol–water partition coefficient (Wildman–Crippen LogP) is 3.47. The van der Waals surface area contributed by atoms with Crippen LogP contribution in [0.15, 0.2) is 48.5 Å². The summed E-state index contributed by atoms with van der Waals surface area (Å²) in [6.45, 7) is 3.87. The van der Waals surface area contributed by atoms with Crippen LogP contribution >= 0.6 is 0 Å². The number of hydrogen-bond donors (Lipinski definition) is 3. The minimum absolute atomic E-state index is 0.0852. The molecule has 0 heterocycles. The van der Waals surface area contributed by atoms with Gasteiger partial charge in [-0.2, -0.15) is 0 Å². The number of phenolic OH excluding ortho intramolecular Hbond substituents is 2. The van der Waals surface area contributed by atoms with Crippen molar-refractivity contribution in [2.75, 3.05) is 0 Å². The molecule has 2 aromatic rings. The number of carbonyl (C=O) groups is 1. The molecule has 0 fully saturated rings. The number of benzene rings is 2. The Bertz CT molecular complexity index is 584. The molecule has 1 radical (unpaired) electrons. The van der Waals surface area contributed by atoms with Crippen LogP contribution in [0.25, 0.3) is 0 Å². The normalized spacial score (nSPS) is 11.3. The molecule has 0 aromatic heterocycles. The van der Waals surface area contributed by atoms with Crippen LogP contribution in [0.5, 0.6) is 11.5 Å². The Kier molecular flexibility index (Phi) is 4.71. The first kappa shape index (κ1) is 15.9. The van der Waals surface area contributed by atoms with E-state index in [4.69, 9.17) is 0 Å². The number of aliphatic carboxylic acids is 1. The molecule has 0 amide bonds. The lowest BCUT2D eigenvalue weighted by Crippen LogP contribution is -2.30. The molecule has 22 heavy (non-hydrogen) atoms. The number of carboxylic acids is 1. The monoisotopic (exact) mass is 299 g/mol. The topological polar surface area (TPSA) is 77.8 Å². The molecule has 0 aliphatic heterocycles. The van der Waals surface area contributed by atoms with Crippen LogP contribution in [0.3, 0.4) is 0 Å². The SMILES string of the molecule is [CH2]CCC(CC(=O)O)(c1ccc(O)cc1)c1ccc(O)cc1. The van der Waals surface area contributed by atoms with Crippen molar-refractivity contribution in [3.05, 3.63) is 66.6 Å². The van der Waals surface area contributed by atoms with Gasteiger partial charge in [-0.25, -0.2) is 0 Å². The summed E-state index contributed by atoms with van der Waals surface area (Å²) in [6, 6.07) is 13.2. The first-order valence-electron chi connectivity index (χ1n) is 7.08. The van der Waals surface area contributed by atoms with E-state index in [1.165, 1.54) is 0 Å². The third-order valence-corrected chi connectivity index (χ3v) is 3.90. The zero-order chi connectivity index (χ0) is 16.2. The van der Waals surface area contributed by atoms with E-state index in [0.29, 0.717) is 12.8 Å². The highest BCUT2D eigenvalue weighted by Gasteiger charge is 2.36. The van der Waals surface area contributed by atoms with Crippen LogP contribution in [0, 0.1) is 6.92 Å². The lowest BCUT2D eigenvalue weighted by atomic mass is 9.69. The molecular weight excluding hydrogens is 280 g/mol. The number of aromatic hydroxyl groups is 2. The third kappa shape index (κ3) is 3.22. The van der Waals surface area contributed by atoms with Gasteiger partial charge >= 0.3 is 5.97 Å². The lowest BCUT2D eigenvalue weighted by Gasteiger charge is -2.34. The van der Waals surface area contributed by atoms with Gasteiger partial charge in [0.25, 0.3) is 0 Å². The van der Waals surface area contributed by atoms with Crippen LogP contribution in [-0.4, -0.2) is 21.3 Å². The predicted molar refractivity (Wildman–Crippen MR) is 83.8 cm³/mol. The van der Waals surface area contributed by atoms with Gasteiger partial charge in [-0.05, 0) is 41.8 Å². The maximum Gasteiger partial charge on any atom is 0.304 e. The van der Waals surface area contributed by atoms with Gasteiger partial charge in [-0.3, -0.25) is 4.79 Å². The summed E-state index contributed by atoms with van der Waals surface area (Å²) < 4.78 is 0. The first-order valence-corrected chi connectivity index (χ1v) is 7.08. The molecule has 0 bridgehead atoms. The van der Waals surface area contributed by atoms with Gasteiger partial charge in [0.05, 0.1) is 6.42 Å². The maximum atomic E-state index is 11.5. The molecular formula is C18H19O4. The Labute approximate surface area is 129 Å². The minimum atomic E-state index is -0.908. The summed E-state index contributed by atoms with van der Waals surface area (Å²) in [5, 5.41) is 28.3. The molecule has 0 aliphatic rings. The average Bonchev–Trinajstić information content (AvgIpc) is 2.47. The van der Waals surface area contributed by atoms with Gasteiger partial charge in [0.2, 0.25) is 0 Å². The molecule has 115 valence electrons. The van der Waals surface area contributed by atoms with E-state index in [1.54, 1.807) is 48.5 Å². The number of hydrogen-bond acceptors (Lipinski definition) is 3. The molecule has 0 aliphatic carbocycles. The van der Waals surface area contributed by atoms with Crippen molar-refractivity contribution < 1.29 is 20.1 Å². The zero-order valence-corrected chi connectivity index (χ0v) is 12.2. The molecule has 2 rings (SSSR count). The van der Waals surface area contributed by atoms with Crippen LogP contribution in [0.4, 0.5) is 0 Å². The number of carboxylic acid groups (broad SMARTS) is 1. The fraction of sp³-hybridized carbons (Fsp3) is 0.222. The molecule has 0 atom stereocenters. The Hall–Kier alpha value is -2.49. The average molecular weight is 299 g/mol. The lowest BCUT2D eigenvalue weighted by molar-refractivity contribution is -0.138. The molecule has 0 spiro atoms. The summed E-state index contributed by atoms with van der Waals surface area (Å²) in [5.74, 6) is -0.642. The third-order valence-electron chi connectivity index (χ3n) is 3.90. The van der Waals surface area contributed by atoms with E-state index in [-0.39, 0.29) is 17.9 Å². The molecule has 4 nitrogen and oxygen atoms in total. The van der Waals surface area contributed by atoms with Gasteiger partial charge in [0.15, 0.2) is 0 Å². The molecule has 2 aromatic carbocycles.